The number of hydrogen-bond acceptors (Lipinski definition) is 4. The number of rotatable bonds is 8. The van der Waals surface area contributed by atoms with Gasteiger partial charge in [-0.15, -0.1) is 0 Å². The molecule has 1 aromatic carbocycles. The van der Waals surface area contributed by atoms with Crippen LogP contribution in [-0.2, 0) is 16.0 Å². The largest absolute Gasteiger partial charge is 0.464 e. The summed E-state index contributed by atoms with van der Waals surface area (Å²) in [6.07, 6.45) is 5.05. The van der Waals surface area contributed by atoms with Crippen molar-refractivity contribution in [1.82, 2.24) is 10.3 Å². The highest BCUT2D eigenvalue weighted by atomic mass is 16.5. The monoisotopic (exact) mass is 354 g/mol. The van der Waals surface area contributed by atoms with Crippen LogP contribution < -0.4 is 5.32 Å². The molecule has 0 aliphatic carbocycles. The lowest BCUT2D eigenvalue weighted by atomic mass is 10.0. The maximum atomic E-state index is 12.4. The Morgan fingerprint density at radius 3 is 2.50 bits per heavy atom. The summed E-state index contributed by atoms with van der Waals surface area (Å²) >= 11 is 0. The van der Waals surface area contributed by atoms with Crippen LogP contribution in [0.25, 0.3) is 0 Å². The quantitative estimate of drug-likeness (QED) is 0.583. The Kier molecular flexibility index (Phi) is 7.33. The molecule has 5 heteroatoms. The van der Waals surface area contributed by atoms with E-state index in [2.05, 4.69) is 10.3 Å². The van der Waals surface area contributed by atoms with Gasteiger partial charge in [-0.05, 0) is 49.4 Å². The van der Waals surface area contributed by atoms with Gasteiger partial charge in [0, 0.05) is 18.0 Å². The van der Waals surface area contributed by atoms with Crippen molar-refractivity contribution >= 4 is 11.9 Å². The molecular formula is C21H26N2O3. The van der Waals surface area contributed by atoms with E-state index in [1.165, 1.54) is 0 Å². The number of hydrogen-bond donors (Lipinski definition) is 1. The number of ether oxygens (including phenoxy) is 1. The Hall–Kier alpha value is -2.69. The number of esters is 1. The molecule has 1 unspecified atom stereocenters. The fourth-order valence-electron chi connectivity index (χ4n) is 2.51. The topological polar surface area (TPSA) is 68.3 Å². The SMILES string of the molecule is Cc1ccc(C(=O)NC(C(=O)OCCCc2cccnc2)C(C)C)cc1. The van der Waals surface area contributed by atoms with Crippen LogP contribution in [0.4, 0.5) is 0 Å². The third kappa shape index (κ3) is 5.99. The predicted molar refractivity (Wildman–Crippen MR) is 101 cm³/mol. The average Bonchev–Trinajstić information content (AvgIpc) is 2.64. The van der Waals surface area contributed by atoms with Crippen molar-refractivity contribution in [1.29, 1.82) is 0 Å². The van der Waals surface area contributed by atoms with Crippen molar-refractivity contribution in [2.24, 2.45) is 5.92 Å². The minimum absolute atomic E-state index is 0.0600. The molecule has 0 radical (unpaired) electrons. The van der Waals surface area contributed by atoms with E-state index in [0.717, 1.165) is 17.5 Å². The number of amides is 1. The van der Waals surface area contributed by atoms with E-state index in [1.54, 1.807) is 24.5 Å². The summed E-state index contributed by atoms with van der Waals surface area (Å²) in [4.78, 5) is 28.8. The summed E-state index contributed by atoms with van der Waals surface area (Å²) in [5, 5.41) is 2.79. The van der Waals surface area contributed by atoms with Crippen LogP contribution >= 0.6 is 0 Å². The van der Waals surface area contributed by atoms with Gasteiger partial charge in [0.1, 0.15) is 6.04 Å². The lowest BCUT2D eigenvalue weighted by Gasteiger charge is -2.21. The Morgan fingerprint density at radius 1 is 1.15 bits per heavy atom. The van der Waals surface area contributed by atoms with Crippen LogP contribution in [0.3, 0.4) is 0 Å². The maximum absolute atomic E-state index is 12.4. The molecule has 0 fully saturated rings. The average molecular weight is 354 g/mol. The number of nitrogens with zero attached hydrogens (tertiary/aromatic N) is 1. The van der Waals surface area contributed by atoms with Crippen molar-refractivity contribution in [2.75, 3.05) is 6.61 Å². The van der Waals surface area contributed by atoms with Crippen molar-refractivity contribution in [3.05, 3.63) is 65.5 Å². The molecule has 2 rings (SSSR count). The first kappa shape index (κ1) is 19.6. The highest BCUT2D eigenvalue weighted by molar-refractivity contribution is 5.96. The summed E-state index contributed by atoms with van der Waals surface area (Å²) < 4.78 is 5.37. The number of carbonyl (C=O) groups is 2. The summed E-state index contributed by atoms with van der Waals surface area (Å²) in [5.74, 6) is -0.724. The highest BCUT2D eigenvalue weighted by Crippen LogP contribution is 2.09. The van der Waals surface area contributed by atoms with E-state index in [0.29, 0.717) is 18.6 Å². The molecular weight excluding hydrogens is 328 g/mol. The van der Waals surface area contributed by atoms with Crippen molar-refractivity contribution in [3.63, 3.8) is 0 Å². The molecule has 138 valence electrons. The standard InChI is InChI=1S/C21H26N2O3/c1-15(2)19(23-20(24)18-10-8-16(3)9-11-18)21(25)26-13-5-7-17-6-4-12-22-14-17/h4,6,8-12,14-15,19H,5,7,13H2,1-3H3,(H,23,24). The van der Waals surface area contributed by atoms with Gasteiger partial charge in [0.15, 0.2) is 0 Å². The van der Waals surface area contributed by atoms with Crippen LogP contribution in [0.1, 0.15) is 41.8 Å². The van der Waals surface area contributed by atoms with E-state index >= 15 is 0 Å². The van der Waals surface area contributed by atoms with Crippen LogP contribution in [0.5, 0.6) is 0 Å². The molecule has 1 aromatic heterocycles. The molecule has 1 atom stereocenters. The molecule has 0 spiro atoms. The van der Waals surface area contributed by atoms with Gasteiger partial charge in [-0.2, -0.15) is 0 Å². The fraction of sp³-hybridized carbons (Fsp3) is 0.381. The Bertz CT molecular complexity index is 712. The molecule has 1 amide bonds. The fourth-order valence-corrected chi connectivity index (χ4v) is 2.51. The first-order valence-electron chi connectivity index (χ1n) is 8.90. The van der Waals surface area contributed by atoms with Crippen LogP contribution in [-0.4, -0.2) is 29.5 Å². The van der Waals surface area contributed by atoms with E-state index < -0.39 is 12.0 Å². The summed E-state index contributed by atoms with van der Waals surface area (Å²) in [7, 11) is 0. The van der Waals surface area contributed by atoms with Crippen LogP contribution in [0, 0.1) is 12.8 Å². The van der Waals surface area contributed by atoms with Gasteiger partial charge in [-0.25, -0.2) is 4.79 Å². The van der Waals surface area contributed by atoms with Crippen LogP contribution in [0.2, 0.25) is 0 Å². The first-order chi connectivity index (χ1) is 12.5. The predicted octanol–water partition coefficient (Wildman–Crippen LogP) is 3.32. The first-order valence-corrected chi connectivity index (χ1v) is 8.90. The minimum Gasteiger partial charge on any atom is -0.464 e. The molecule has 26 heavy (non-hydrogen) atoms. The second-order valence-electron chi connectivity index (χ2n) is 6.69. The van der Waals surface area contributed by atoms with Crippen molar-refractivity contribution < 1.29 is 14.3 Å². The van der Waals surface area contributed by atoms with Crippen molar-refractivity contribution in [2.45, 2.75) is 39.7 Å². The van der Waals surface area contributed by atoms with Crippen LogP contribution in [0.15, 0.2) is 48.8 Å². The summed E-state index contributed by atoms with van der Waals surface area (Å²) in [6.45, 7) is 6.05. The molecule has 1 N–H and O–H groups in total. The molecule has 2 aromatic rings. The van der Waals surface area contributed by atoms with Gasteiger partial charge in [-0.3, -0.25) is 9.78 Å². The highest BCUT2D eigenvalue weighted by Gasteiger charge is 2.26. The van der Waals surface area contributed by atoms with Gasteiger partial charge in [0.05, 0.1) is 6.61 Å². The smallest absolute Gasteiger partial charge is 0.328 e. The number of benzene rings is 1. The zero-order valence-electron chi connectivity index (χ0n) is 15.6. The number of aromatic nitrogens is 1. The molecule has 0 aliphatic heterocycles. The Labute approximate surface area is 154 Å². The van der Waals surface area contributed by atoms with Gasteiger partial charge in [0.25, 0.3) is 5.91 Å². The molecule has 0 saturated heterocycles. The second kappa shape index (κ2) is 9.70. The van der Waals surface area contributed by atoms with E-state index in [9.17, 15) is 9.59 Å². The van der Waals surface area contributed by atoms with Crippen molar-refractivity contribution in [3.8, 4) is 0 Å². The van der Waals surface area contributed by atoms with E-state index in [1.807, 2.05) is 45.0 Å². The Balaban J connectivity index is 1.84. The third-order valence-corrected chi connectivity index (χ3v) is 4.10. The Morgan fingerprint density at radius 2 is 1.88 bits per heavy atom. The molecule has 0 aliphatic rings. The van der Waals surface area contributed by atoms with E-state index in [-0.39, 0.29) is 11.8 Å². The lowest BCUT2D eigenvalue weighted by molar-refractivity contribution is -0.147. The molecule has 1 heterocycles. The second-order valence-corrected chi connectivity index (χ2v) is 6.69. The maximum Gasteiger partial charge on any atom is 0.328 e. The number of carbonyl (C=O) groups excluding carboxylic acids is 2. The summed E-state index contributed by atoms with van der Waals surface area (Å²) in [6, 6.07) is 10.5. The zero-order chi connectivity index (χ0) is 18.9. The molecule has 0 bridgehead atoms. The van der Waals surface area contributed by atoms with Gasteiger partial charge in [-0.1, -0.05) is 37.6 Å². The van der Waals surface area contributed by atoms with E-state index in [4.69, 9.17) is 4.74 Å². The number of aryl methyl sites for hydroxylation is 2. The number of nitrogens with one attached hydrogen (secondary N) is 1. The minimum atomic E-state index is -0.665. The number of pyridine rings is 1. The summed E-state index contributed by atoms with van der Waals surface area (Å²) in [5.41, 5.74) is 2.72. The van der Waals surface area contributed by atoms with Gasteiger partial charge < -0.3 is 10.1 Å². The van der Waals surface area contributed by atoms with Gasteiger partial charge >= 0.3 is 5.97 Å². The molecule has 0 saturated carbocycles. The third-order valence-electron chi connectivity index (χ3n) is 4.10. The lowest BCUT2D eigenvalue weighted by Crippen LogP contribution is -2.45. The normalized spacial score (nSPS) is 11.8. The molecule has 5 nitrogen and oxygen atoms in total. The van der Waals surface area contributed by atoms with Gasteiger partial charge in [0.2, 0.25) is 0 Å². The zero-order valence-corrected chi connectivity index (χ0v) is 15.6.